The number of nitrogens with zero attached hydrogens (tertiary/aromatic N) is 2. The first-order valence-corrected chi connectivity index (χ1v) is 8.63. The molecule has 0 unspecified atom stereocenters. The third kappa shape index (κ3) is 3.41. The smallest absolute Gasteiger partial charge is 0.331 e. The SMILES string of the molecule is Cn1c(=O)n(CCCCO)c(=O)c2cc(O)c(Cc3ccccc3)cc21. The van der Waals surface area contributed by atoms with E-state index >= 15 is 0 Å². The standard InChI is InChI=1S/C20H22N2O4/c1-21-17-12-15(11-14-7-3-2-4-8-14)18(24)13-16(17)19(25)22(20(21)26)9-5-6-10-23/h2-4,7-8,12-13,23-24H,5-6,9-11H2,1H3. The lowest BCUT2D eigenvalue weighted by Gasteiger charge is -2.13. The average Bonchev–Trinajstić information content (AvgIpc) is 2.65. The molecule has 1 aromatic heterocycles. The first-order chi connectivity index (χ1) is 12.5. The zero-order valence-electron chi connectivity index (χ0n) is 14.7. The Morgan fingerprint density at radius 3 is 2.46 bits per heavy atom. The van der Waals surface area contributed by atoms with Gasteiger partial charge in [0.15, 0.2) is 0 Å². The van der Waals surface area contributed by atoms with Crippen molar-refractivity contribution in [2.45, 2.75) is 25.8 Å². The number of aliphatic hydroxyl groups is 1. The predicted molar refractivity (Wildman–Crippen MR) is 101 cm³/mol. The highest BCUT2D eigenvalue weighted by Crippen LogP contribution is 2.24. The quantitative estimate of drug-likeness (QED) is 0.661. The molecule has 0 aliphatic heterocycles. The van der Waals surface area contributed by atoms with Crippen LogP contribution < -0.4 is 11.2 Å². The van der Waals surface area contributed by atoms with E-state index in [1.807, 2.05) is 30.3 Å². The van der Waals surface area contributed by atoms with Gasteiger partial charge >= 0.3 is 5.69 Å². The Labute approximate surface area is 150 Å². The molecule has 0 saturated heterocycles. The lowest BCUT2D eigenvalue weighted by atomic mass is 10.0. The van der Waals surface area contributed by atoms with Crippen LogP contribution in [-0.4, -0.2) is 26.0 Å². The molecule has 0 fully saturated rings. The van der Waals surface area contributed by atoms with Gasteiger partial charge in [-0.3, -0.25) is 13.9 Å². The molecule has 0 bridgehead atoms. The fourth-order valence-electron chi connectivity index (χ4n) is 3.12. The molecule has 2 aromatic carbocycles. The maximum absolute atomic E-state index is 12.7. The van der Waals surface area contributed by atoms with Gasteiger partial charge in [0.2, 0.25) is 0 Å². The van der Waals surface area contributed by atoms with Crippen molar-refractivity contribution in [3.8, 4) is 5.75 Å². The van der Waals surface area contributed by atoms with Crippen molar-refractivity contribution in [1.82, 2.24) is 9.13 Å². The summed E-state index contributed by atoms with van der Waals surface area (Å²) in [5.41, 5.74) is 1.39. The highest BCUT2D eigenvalue weighted by atomic mass is 16.3. The minimum absolute atomic E-state index is 0.0201. The second-order valence-corrected chi connectivity index (χ2v) is 6.39. The van der Waals surface area contributed by atoms with E-state index in [0.29, 0.717) is 35.7 Å². The van der Waals surface area contributed by atoms with E-state index in [0.717, 1.165) is 10.1 Å². The maximum atomic E-state index is 12.7. The van der Waals surface area contributed by atoms with E-state index in [1.165, 1.54) is 10.6 Å². The van der Waals surface area contributed by atoms with Crippen LogP contribution >= 0.6 is 0 Å². The van der Waals surface area contributed by atoms with Crippen LogP contribution in [0.5, 0.6) is 5.75 Å². The van der Waals surface area contributed by atoms with Gasteiger partial charge in [-0.05, 0) is 30.5 Å². The summed E-state index contributed by atoms with van der Waals surface area (Å²) in [5, 5.41) is 19.6. The van der Waals surface area contributed by atoms with Crippen molar-refractivity contribution >= 4 is 10.9 Å². The second kappa shape index (κ2) is 7.58. The highest BCUT2D eigenvalue weighted by Gasteiger charge is 2.14. The Morgan fingerprint density at radius 2 is 1.77 bits per heavy atom. The Morgan fingerprint density at radius 1 is 1.04 bits per heavy atom. The number of aromatic hydroxyl groups is 1. The molecule has 0 saturated carbocycles. The summed E-state index contributed by atoms with van der Waals surface area (Å²) in [7, 11) is 1.62. The zero-order chi connectivity index (χ0) is 18.7. The van der Waals surface area contributed by atoms with Crippen LogP contribution in [0.2, 0.25) is 0 Å². The number of fused-ring (bicyclic) bond motifs is 1. The summed E-state index contributed by atoms with van der Waals surface area (Å²) in [6.45, 7) is 0.265. The van der Waals surface area contributed by atoms with Gasteiger partial charge in [0, 0.05) is 32.2 Å². The van der Waals surface area contributed by atoms with Crippen molar-refractivity contribution < 1.29 is 10.2 Å². The van der Waals surface area contributed by atoms with Crippen LogP contribution in [0.1, 0.15) is 24.0 Å². The van der Waals surface area contributed by atoms with Gasteiger partial charge in [-0.2, -0.15) is 0 Å². The van der Waals surface area contributed by atoms with Crippen molar-refractivity contribution in [2.75, 3.05) is 6.61 Å². The van der Waals surface area contributed by atoms with E-state index in [-0.39, 0.29) is 18.9 Å². The summed E-state index contributed by atoms with van der Waals surface area (Å²) in [6.07, 6.45) is 1.57. The van der Waals surface area contributed by atoms with Gasteiger partial charge in [0.1, 0.15) is 5.75 Å². The van der Waals surface area contributed by atoms with Crippen LogP contribution in [0, 0.1) is 0 Å². The summed E-state index contributed by atoms with van der Waals surface area (Å²) in [6, 6.07) is 12.8. The van der Waals surface area contributed by atoms with Crippen molar-refractivity contribution in [1.29, 1.82) is 0 Å². The topological polar surface area (TPSA) is 84.5 Å². The molecule has 136 valence electrons. The molecule has 0 radical (unpaired) electrons. The van der Waals surface area contributed by atoms with Gasteiger partial charge < -0.3 is 10.2 Å². The van der Waals surface area contributed by atoms with Crippen molar-refractivity contribution in [3.05, 3.63) is 74.4 Å². The van der Waals surface area contributed by atoms with E-state index in [2.05, 4.69) is 0 Å². The summed E-state index contributed by atoms with van der Waals surface area (Å²) in [4.78, 5) is 25.2. The molecule has 0 amide bonds. The molecule has 6 nitrogen and oxygen atoms in total. The number of hydrogen-bond donors (Lipinski definition) is 2. The Balaban J connectivity index is 2.10. The molecule has 0 aliphatic rings. The Hall–Kier alpha value is -2.86. The molecular weight excluding hydrogens is 332 g/mol. The van der Waals surface area contributed by atoms with Crippen LogP contribution in [0.4, 0.5) is 0 Å². The van der Waals surface area contributed by atoms with Crippen LogP contribution in [-0.2, 0) is 20.0 Å². The van der Waals surface area contributed by atoms with Crippen LogP contribution in [0.3, 0.4) is 0 Å². The molecule has 0 atom stereocenters. The number of phenols is 1. The predicted octanol–water partition coefficient (Wildman–Crippen LogP) is 1.77. The number of phenolic OH excluding ortho intramolecular Hbond substituents is 1. The molecule has 0 spiro atoms. The largest absolute Gasteiger partial charge is 0.508 e. The lowest BCUT2D eigenvalue weighted by molar-refractivity contribution is 0.280. The van der Waals surface area contributed by atoms with Crippen LogP contribution in [0.25, 0.3) is 10.9 Å². The molecule has 2 N–H and O–H groups in total. The molecular formula is C20H22N2O4. The second-order valence-electron chi connectivity index (χ2n) is 6.39. The Kier molecular flexibility index (Phi) is 5.23. The van der Waals surface area contributed by atoms with Gasteiger partial charge in [0.05, 0.1) is 10.9 Å². The molecule has 6 heteroatoms. The van der Waals surface area contributed by atoms with Gasteiger partial charge in [-0.25, -0.2) is 4.79 Å². The fraction of sp³-hybridized carbons (Fsp3) is 0.300. The van der Waals surface area contributed by atoms with E-state index in [9.17, 15) is 14.7 Å². The third-order valence-corrected chi connectivity index (χ3v) is 4.58. The van der Waals surface area contributed by atoms with Gasteiger partial charge in [-0.15, -0.1) is 0 Å². The monoisotopic (exact) mass is 354 g/mol. The normalized spacial score (nSPS) is 11.2. The van der Waals surface area contributed by atoms with Gasteiger partial charge in [-0.1, -0.05) is 30.3 Å². The average molecular weight is 354 g/mol. The number of aliphatic hydroxyl groups excluding tert-OH is 1. The number of hydrogen-bond acceptors (Lipinski definition) is 4. The van der Waals surface area contributed by atoms with E-state index in [1.54, 1.807) is 13.1 Å². The fourth-order valence-corrected chi connectivity index (χ4v) is 3.12. The number of aromatic nitrogens is 2. The Bertz CT molecular complexity index is 1040. The number of benzene rings is 2. The van der Waals surface area contributed by atoms with Crippen LogP contribution in [0.15, 0.2) is 52.1 Å². The van der Waals surface area contributed by atoms with E-state index in [4.69, 9.17) is 5.11 Å². The number of rotatable bonds is 6. The molecule has 26 heavy (non-hydrogen) atoms. The summed E-state index contributed by atoms with van der Waals surface area (Å²) in [5.74, 6) is 0.0408. The highest BCUT2D eigenvalue weighted by molar-refractivity contribution is 5.81. The first-order valence-electron chi connectivity index (χ1n) is 8.63. The zero-order valence-corrected chi connectivity index (χ0v) is 14.7. The third-order valence-electron chi connectivity index (χ3n) is 4.58. The summed E-state index contributed by atoms with van der Waals surface area (Å²) < 4.78 is 2.60. The van der Waals surface area contributed by atoms with Gasteiger partial charge in [0.25, 0.3) is 5.56 Å². The molecule has 1 heterocycles. The number of aryl methyl sites for hydroxylation is 1. The van der Waals surface area contributed by atoms with Crippen molar-refractivity contribution in [3.63, 3.8) is 0 Å². The van der Waals surface area contributed by atoms with E-state index < -0.39 is 11.2 Å². The lowest BCUT2D eigenvalue weighted by Crippen LogP contribution is -2.39. The minimum atomic E-state index is -0.414. The first kappa shape index (κ1) is 17.9. The molecule has 3 rings (SSSR count). The molecule has 0 aliphatic carbocycles. The number of unbranched alkanes of at least 4 members (excludes halogenated alkanes) is 1. The van der Waals surface area contributed by atoms with Crippen molar-refractivity contribution in [2.24, 2.45) is 7.05 Å². The summed E-state index contributed by atoms with van der Waals surface area (Å²) >= 11 is 0. The maximum Gasteiger partial charge on any atom is 0.331 e. The minimum Gasteiger partial charge on any atom is -0.508 e. The molecule has 3 aromatic rings.